The molecule has 0 amide bonds. The van der Waals surface area contributed by atoms with Gasteiger partial charge >= 0.3 is 103 Å². The predicted octanol–water partition coefficient (Wildman–Crippen LogP) is 1.57. The molecule has 4 heterocycles. The minimum absolute atomic E-state index is 0.257. The quantitative estimate of drug-likeness (QED) is 0.544. The van der Waals surface area contributed by atoms with Crippen LogP contribution in [-0.2, 0) is 4.74 Å². The maximum atomic E-state index is 11.5. The number of carbonyl (C=O) groups excluding carboxylic acids is 1. The van der Waals surface area contributed by atoms with Gasteiger partial charge in [0.05, 0.1) is 0 Å². The molecule has 0 saturated carbocycles. The molecule has 0 atom stereocenters. The number of nitrogens with zero attached hydrogens (tertiary/aromatic N) is 2. The van der Waals surface area contributed by atoms with E-state index in [-0.39, 0.29) is 5.76 Å². The van der Waals surface area contributed by atoms with Crippen molar-refractivity contribution in [2.75, 3.05) is 6.61 Å². The normalized spacial score (nSPS) is 11.4. The number of aromatic nitrogens is 2. The molecular weight excluding hydrogens is 287 g/mol. The Labute approximate surface area is 103 Å². The van der Waals surface area contributed by atoms with Crippen LogP contribution in [0.4, 0.5) is 0 Å². The molecule has 6 heteroatoms. The third kappa shape index (κ3) is 1.61. The fraction of sp³-hybridized carbons (Fsp3) is 0.273. The van der Waals surface area contributed by atoms with Gasteiger partial charge in [-0.05, 0) is 0 Å². The van der Waals surface area contributed by atoms with Crippen LogP contribution in [0.3, 0.4) is 0 Å². The van der Waals surface area contributed by atoms with Crippen molar-refractivity contribution in [2.45, 2.75) is 13.8 Å². The van der Waals surface area contributed by atoms with Crippen molar-refractivity contribution in [2.24, 2.45) is 0 Å². The van der Waals surface area contributed by atoms with Crippen LogP contribution in [0.1, 0.15) is 23.2 Å². The Bertz CT molecular complexity index is 649. The first-order valence-electron chi connectivity index (χ1n) is 5.25. The van der Waals surface area contributed by atoms with E-state index in [0.29, 0.717) is 21.3 Å². The van der Waals surface area contributed by atoms with Gasteiger partial charge in [-0.25, -0.2) is 0 Å². The molecule has 0 aliphatic heterocycles. The number of hydrogen-bond acceptors (Lipinski definition) is 4. The molecule has 0 spiro atoms. The van der Waals surface area contributed by atoms with Gasteiger partial charge in [0, 0.05) is 0 Å². The topological polar surface area (TPSA) is 56.7 Å². The Morgan fingerprint density at radius 1 is 1.59 bits per heavy atom. The molecular formula is C11H10N2O3Se. The average molecular weight is 297 g/mol. The van der Waals surface area contributed by atoms with Crippen LogP contribution in [0.25, 0.3) is 15.5 Å². The van der Waals surface area contributed by atoms with Crippen molar-refractivity contribution in [1.29, 1.82) is 0 Å². The third-order valence-electron chi connectivity index (χ3n) is 2.52. The number of furan rings is 1. The van der Waals surface area contributed by atoms with Crippen LogP contribution in [0.5, 0.6) is 0 Å². The van der Waals surface area contributed by atoms with E-state index in [2.05, 4.69) is 5.10 Å². The summed E-state index contributed by atoms with van der Waals surface area (Å²) >= 11 is 0.323. The summed E-state index contributed by atoms with van der Waals surface area (Å²) in [6.45, 7) is 3.96. The van der Waals surface area contributed by atoms with Gasteiger partial charge in [-0.3, -0.25) is 0 Å². The van der Waals surface area contributed by atoms with Gasteiger partial charge in [0.2, 0.25) is 0 Å². The zero-order chi connectivity index (χ0) is 12.0. The fourth-order valence-corrected chi connectivity index (χ4v) is 3.28. The summed E-state index contributed by atoms with van der Waals surface area (Å²) < 4.78 is 13.4. The number of esters is 1. The van der Waals surface area contributed by atoms with E-state index in [1.165, 1.54) is 0 Å². The summed E-state index contributed by atoms with van der Waals surface area (Å²) in [5.41, 5.74) is 2.01. The van der Waals surface area contributed by atoms with E-state index in [0.717, 1.165) is 21.3 Å². The van der Waals surface area contributed by atoms with E-state index >= 15 is 0 Å². The van der Waals surface area contributed by atoms with Crippen LogP contribution >= 0.6 is 0 Å². The molecule has 4 rings (SSSR count). The van der Waals surface area contributed by atoms with E-state index in [1.54, 1.807) is 13.0 Å². The molecule has 2 bridgehead atoms. The average Bonchev–Trinajstić information content (AvgIpc) is 2.88. The van der Waals surface area contributed by atoms with E-state index in [9.17, 15) is 4.79 Å². The van der Waals surface area contributed by atoms with E-state index in [1.807, 2.05) is 16.6 Å². The molecule has 17 heavy (non-hydrogen) atoms. The summed E-state index contributed by atoms with van der Waals surface area (Å²) in [5, 5.41) is 4.25. The zero-order valence-electron chi connectivity index (χ0n) is 9.39. The van der Waals surface area contributed by atoms with E-state index < -0.39 is 5.97 Å². The molecule has 0 N–H and O–H groups in total. The molecule has 5 nitrogen and oxygen atoms in total. The predicted molar refractivity (Wildman–Crippen MR) is 61.7 cm³/mol. The van der Waals surface area contributed by atoms with Crippen LogP contribution in [0.2, 0.25) is 0 Å². The molecule has 0 fully saturated rings. The third-order valence-corrected chi connectivity index (χ3v) is 4.30. The zero-order valence-corrected chi connectivity index (χ0v) is 11.1. The van der Waals surface area contributed by atoms with Gasteiger partial charge in [-0.1, -0.05) is 0 Å². The number of rotatable bonds is 3. The summed E-state index contributed by atoms with van der Waals surface area (Å²) in [4.78, 5) is 11.5. The second-order valence-corrected chi connectivity index (χ2v) is 5.62. The van der Waals surface area contributed by atoms with Crippen molar-refractivity contribution in [3.05, 3.63) is 23.8 Å². The van der Waals surface area contributed by atoms with Gasteiger partial charge in [-0.15, -0.1) is 0 Å². The Kier molecular flexibility index (Phi) is 2.34. The van der Waals surface area contributed by atoms with Gasteiger partial charge in [0.1, 0.15) is 0 Å². The summed E-state index contributed by atoms with van der Waals surface area (Å²) in [5.74, 6) is 0.569. The van der Waals surface area contributed by atoms with Crippen molar-refractivity contribution >= 4 is 25.1 Å². The minimum atomic E-state index is -0.416. The summed E-state index contributed by atoms with van der Waals surface area (Å²) in [6.07, 6.45) is 1.99. The molecule has 88 valence electrons. The van der Waals surface area contributed by atoms with Crippen LogP contribution in [0.15, 0.2) is 16.7 Å². The molecule has 0 aromatic carbocycles. The first-order valence-corrected chi connectivity index (χ1v) is 6.87. The molecule has 0 radical (unpaired) electrons. The maximum absolute atomic E-state index is 11.5. The first kappa shape index (κ1) is 10.6. The Morgan fingerprint density at radius 3 is 2.94 bits per heavy atom. The van der Waals surface area contributed by atoms with Crippen LogP contribution < -0.4 is 0 Å². The van der Waals surface area contributed by atoms with Crippen molar-refractivity contribution in [3.63, 3.8) is 0 Å². The van der Waals surface area contributed by atoms with Gasteiger partial charge < -0.3 is 0 Å². The SMILES string of the molecule is CCOC(=O)c1cc(-c2cn3nc2[se]3)c(C)o1. The second kappa shape index (κ2) is 3.75. The van der Waals surface area contributed by atoms with Crippen molar-refractivity contribution in [3.8, 4) is 11.1 Å². The molecule has 4 aromatic heterocycles. The van der Waals surface area contributed by atoms with Crippen molar-refractivity contribution in [1.82, 2.24) is 8.61 Å². The van der Waals surface area contributed by atoms with Gasteiger partial charge in [0.25, 0.3) is 0 Å². The van der Waals surface area contributed by atoms with Crippen molar-refractivity contribution < 1.29 is 13.9 Å². The number of carbonyl (C=O) groups is 1. The Balaban J connectivity index is 1.99. The fourth-order valence-electron chi connectivity index (χ4n) is 1.74. The van der Waals surface area contributed by atoms with Gasteiger partial charge in [-0.2, -0.15) is 0 Å². The molecule has 0 unspecified atom stereocenters. The van der Waals surface area contributed by atoms with E-state index in [4.69, 9.17) is 9.15 Å². The summed E-state index contributed by atoms with van der Waals surface area (Å²) in [7, 11) is 0. The number of ether oxygens (including phenoxy) is 1. The monoisotopic (exact) mass is 298 g/mol. The van der Waals surface area contributed by atoms with Gasteiger partial charge in [0.15, 0.2) is 0 Å². The molecule has 4 aromatic rings. The number of fused-ring (bicyclic) bond motifs is 1. The molecule has 0 saturated heterocycles. The molecule has 0 aliphatic rings. The Hall–Kier alpha value is -1.52. The number of hydrogen-bond donors (Lipinski definition) is 0. The molecule has 0 aliphatic carbocycles. The van der Waals surface area contributed by atoms with Crippen LogP contribution in [-0.4, -0.2) is 35.9 Å². The summed E-state index contributed by atoms with van der Waals surface area (Å²) in [6, 6.07) is 1.74. The standard InChI is InChI=1S/C11H10N2O3Se/c1-3-15-11(14)9-4-7(6(2)16-9)8-5-13-12-10(8)17-13/h4-5H,3H2,1-2H3. The first-order chi connectivity index (χ1) is 8.19. The Morgan fingerprint density at radius 2 is 2.35 bits per heavy atom. The second-order valence-electron chi connectivity index (χ2n) is 3.64. The van der Waals surface area contributed by atoms with Crippen LogP contribution in [0, 0.1) is 6.92 Å². The number of aryl methyl sites for hydroxylation is 1.